The van der Waals surface area contributed by atoms with Gasteiger partial charge in [-0.15, -0.1) is 0 Å². The molecule has 124 valence electrons. The summed E-state index contributed by atoms with van der Waals surface area (Å²) < 4.78 is 33.5. The Labute approximate surface area is 134 Å². The summed E-state index contributed by atoms with van der Waals surface area (Å²) in [6.07, 6.45) is 4.50. The second-order valence-corrected chi connectivity index (χ2v) is 7.88. The fourth-order valence-electron chi connectivity index (χ4n) is 2.38. The van der Waals surface area contributed by atoms with Gasteiger partial charge in [0.25, 0.3) is 0 Å². The number of nitrogens with two attached hydrogens (primary N) is 1. The Balaban J connectivity index is 1.53. The van der Waals surface area contributed by atoms with Gasteiger partial charge in [-0.1, -0.05) is 5.16 Å². The van der Waals surface area contributed by atoms with Gasteiger partial charge in [-0.05, 0) is 43.5 Å². The van der Waals surface area contributed by atoms with Gasteiger partial charge in [0.05, 0.1) is 23.5 Å². The molecule has 1 saturated carbocycles. The third-order valence-electron chi connectivity index (χ3n) is 4.00. The van der Waals surface area contributed by atoms with Crippen LogP contribution in [0.15, 0.2) is 33.7 Å². The van der Waals surface area contributed by atoms with Crippen LogP contribution in [-0.2, 0) is 21.8 Å². The van der Waals surface area contributed by atoms with Gasteiger partial charge in [0.1, 0.15) is 5.75 Å². The van der Waals surface area contributed by atoms with E-state index in [9.17, 15) is 8.42 Å². The molecule has 3 rings (SSSR count). The normalized spacial score (nSPS) is 16.8. The number of sulfone groups is 1. The van der Waals surface area contributed by atoms with Crippen LogP contribution in [-0.4, -0.2) is 31.4 Å². The molecule has 8 heteroatoms. The molecular formula is C15H19N3O4S. The maximum Gasteiger partial charge on any atom is 0.230 e. The second kappa shape index (κ2) is 5.93. The van der Waals surface area contributed by atoms with E-state index in [-0.39, 0.29) is 4.90 Å². The zero-order valence-corrected chi connectivity index (χ0v) is 13.7. The molecule has 1 aromatic heterocycles. The number of aromatic nitrogens is 2. The van der Waals surface area contributed by atoms with E-state index in [1.165, 1.54) is 18.4 Å². The van der Waals surface area contributed by atoms with Gasteiger partial charge in [0, 0.05) is 6.26 Å². The quantitative estimate of drug-likeness (QED) is 0.849. The van der Waals surface area contributed by atoms with Crippen LogP contribution < -0.4 is 10.5 Å². The smallest absolute Gasteiger partial charge is 0.230 e. The van der Waals surface area contributed by atoms with E-state index < -0.39 is 15.4 Å². The Morgan fingerprint density at radius 3 is 2.57 bits per heavy atom. The highest BCUT2D eigenvalue weighted by Gasteiger charge is 2.38. The lowest BCUT2D eigenvalue weighted by Gasteiger charge is -2.34. The molecule has 0 bridgehead atoms. The van der Waals surface area contributed by atoms with E-state index >= 15 is 0 Å². The first-order valence-electron chi connectivity index (χ1n) is 7.42. The summed E-state index contributed by atoms with van der Waals surface area (Å²) in [7, 11) is -3.19. The maximum atomic E-state index is 11.4. The molecule has 1 aliphatic carbocycles. The molecule has 1 fully saturated rings. The van der Waals surface area contributed by atoms with E-state index in [2.05, 4.69) is 10.1 Å². The summed E-state index contributed by atoms with van der Waals surface area (Å²) in [5, 5.41) is 3.94. The van der Waals surface area contributed by atoms with Crippen LogP contribution in [0.5, 0.6) is 5.75 Å². The molecule has 0 spiro atoms. The van der Waals surface area contributed by atoms with Crippen LogP contribution in [0.4, 0.5) is 0 Å². The molecule has 1 aliphatic rings. The predicted molar refractivity (Wildman–Crippen MR) is 82.8 cm³/mol. The number of ether oxygens (including phenoxy) is 1. The predicted octanol–water partition coefficient (Wildman–Crippen LogP) is 1.43. The first kappa shape index (κ1) is 15.9. The van der Waals surface area contributed by atoms with Gasteiger partial charge in [-0.3, -0.25) is 0 Å². The minimum Gasteiger partial charge on any atom is -0.493 e. The van der Waals surface area contributed by atoms with Crippen molar-refractivity contribution in [3.8, 4) is 5.75 Å². The molecule has 0 saturated heterocycles. The molecule has 0 aliphatic heterocycles. The molecule has 0 radical (unpaired) electrons. The Kier molecular flexibility index (Phi) is 4.11. The van der Waals surface area contributed by atoms with Crippen LogP contribution in [0.1, 0.15) is 31.0 Å². The molecule has 2 N–H and O–H groups in total. The van der Waals surface area contributed by atoms with Crippen molar-refractivity contribution in [2.24, 2.45) is 5.73 Å². The van der Waals surface area contributed by atoms with Gasteiger partial charge in [0.2, 0.25) is 5.89 Å². The van der Waals surface area contributed by atoms with Gasteiger partial charge in [-0.2, -0.15) is 4.98 Å². The van der Waals surface area contributed by atoms with E-state index in [0.717, 1.165) is 19.3 Å². The van der Waals surface area contributed by atoms with Crippen molar-refractivity contribution in [2.45, 2.75) is 36.1 Å². The van der Waals surface area contributed by atoms with Crippen LogP contribution in [0.3, 0.4) is 0 Å². The molecule has 1 aromatic carbocycles. The third kappa shape index (κ3) is 3.53. The first-order chi connectivity index (χ1) is 10.9. The molecule has 0 amide bonds. The highest BCUT2D eigenvalue weighted by molar-refractivity contribution is 7.90. The summed E-state index contributed by atoms with van der Waals surface area (Å²) >= 11 is 0. The Hall–Kier alpha value is -1.93. The van der Waals surface area contributed by atoms with Crippen LogP contribution in [0.2, 0.25) is 0 Å². The first-order valence-corrected chi connectivity index (χ1v) is 9.31. The molecule has 0 atom stereocenters. The van der Waals surface area contributed by atoms with Crippen LogP contribution >= 0.6 is 0 Å². The molecule has 2 aromatic rings. The fraction of sp³-hybridized carbons (Fsp3) is 0.467. The lowest BCUT2D eigenvalue weighted by molar-refractivity contribution is 0.228. The minimum atomic E-state index is -3.19. The highest BCUT2D eigenvalue weighted by Crippen LogP contribution is 2.36. The van der Waals surface area contributed by atoms with Crippen molar-refractivity contribution in [1.82, 2.24) is 10.1 Å². The monoisotopic (exact) mass is 337 g/mol. The van der Waals surface area contributed by atoms with Gasteiger partial charge in [-0.25, -0.2) is 8.42 Å². The van der Waals surface area contributed by atoms with Gasteiger partial charge >= 0.3 is 0 Å². The minimum absolute atomic E-state index is 0.264. The topological polar surface area (TPSA) is 108 Å². The molecule has 1 heterocycles. The summed E-state index contributed by atoms with van der Waals surface area (Å²) in [4.78, 5) is 4.58. The summed E-state index contributed by atoms with van der Waals surface area (Å²) in [5.41, 5.74) is 5.71. The van der Waals surface area contributed by atoms with Crippen molar-refractivity contribution < 1.29 is 17.7 Å². The molecular weight excluding hydrogens is 318 g/mol. The lowest BCUT2D eigenvalue weighted by Crippen LogP contribution is -2.44. The van der Waals surface area contributed by atoms with Crippen molar-refractivity contribution >= 4 is 9.84 Å². The Morgan fingerprint density at radius 2 is 2.00 bits per heavy atom. The summed E-state index contributed by atoms with van der Waals surface area (Å²) in [5.74, 6) is 1.65. The van der Waals surface area contributed by atoms with Crippen molar-refractivity contribution in [3.63, 3.8) is 0 Å². The van der Waals surface area contributed by atoms with E-state index in [1.807, 2.05) is 0 Å². The highest BCUT2D eigenvalue weighted by atomic mass is 32.2. The van der Waals surface area contributed by atoms with Gasteiger partial charge in [0.15, 0.2) is 15.7 Å². The Bertz CT molecular complexity index is 779. The van der Waals surface area contributed by atoms with Crippen molar-refractivity contribution in [1.29, 1.82) is 0 Å². The molecule has 0 unspecified atom stereocenters. The fourth-order valence-corrected chi connectivity index (χ4v) is 3.01. The van der Waals surface area contributed by atoms with Crippen LogP contribution in [0.25, 0.3) is 0 Å². The number of rotatable bonds is 6. The average molecular weight is 337 g/mol. The number of benzene rings is 1. The SMILES string of the molecule is CS(=O)(=O)c1ccc(OCCc2nc(C3(N)CCC3)no2)cc1. The van der Waals surface area contributed by atoms with E-state index in [0.29, 0.717) is 30.5 Å². The maximum absolute atomic E-state index is 11.4. The largest absolute Gasteiger partial charge is 0.493 e. The van der Waals surface area contributed by atoms with Crippen LogP contribution in [0, 0.1) is 0 Å². The number of hydrogen-bond donors (Lipinski definition) is 1. The van der Waals surface area contributed by atoms with Crippen molar-refractivity contribution in [2.75, 3.05) is 12.9 Å². The van der Waals surface area contributed by atoms with E-state index in [1.54, 1.807) is 12.1 Å². The van der Waals surface area contributed by atoms with E-state index in [4.69, 9.17) is 15.0 Å². The third-order valence-corrected chi connectivity index (χ3v) is 5.12. The number of nitrogens with zero attached hydrogens (tertiary/aromatic N) is 2. The lowest BCUT2D eigenvalue weighted by atomic mass is 9.77. The van der Waals surface area contributed by atoms with Crippen molar-refractivity contribution in [3.05, 3.63) is 36.0 Å². The molecule has 7 nitrogen and oxygen atoms in total. The average Bonchev–Trinajstić information content (AvgIpc) is 2.93. The van der Waals surface area contributed by atoms with Gasteiger partial charge < -0.3 is 15.0 Å². The zero-order valence-electron chi connectivity index (χ0n) is 12.9. The summed E-state index contributed by atoms with van der Waals surface area (Å²) in [6, 6.07) is 6.28. The number of hydrogen-bond acceptors (Lipinski definition) is 7. The zero-order chi connectivity index (χ0) is 16.5. The standard InChI is InChI=1S/C15H19N3O4S/c1-23(19,20)12-5-3-11(4-6-12)21-10-7-13-17-14(18-22-13)15(16)8-2-9-15/h3-6H,2,7-10,16H2,1H3. The Morgan fingerprint density at radius 1 is 1.30 bits per heavy atom. The second-order valence-electron chi connectivity index (χ2n) is 5.86. The summed E-state index contributed by atoms with van der Waals surface area (Å²) in [6.45, 7) is 0.359. The molecule has 23 heavy (non-hydrogen) atoms.